The lowest BCUT2D eigenvalue weighted by Gasteiger charge is -2.70. The van der Waals surface area contributed by atoms with Gasteiger partial charge in [-0.2, -0.15) is 0 Å². The number of ether oxygens (including phenoxy) is 1. The molecule has 0 aliphatic heterocycles. The number of fused-ring (bicyclic) bond motifs is 8. The summed E-state index contributed by atoms with van der Waals surface area (Å²) >= 11 is 0. The summed E-state index contributed by atoms with van der Waals surface area (Å²) in [5.41, 5.74) is 3.96. The summed E-state index contributed by atoms with van der Waals surface area (Å²) < 4.78 is 31.8. The predicted octanol–water partition coefficient (Wildman–Crippen LogP) is 8.68. The zero-order chi connectivity index (χ0) is 34.5. The summed E-state index contributed by atoms with van der Waals surface area (Å²) in [7, 11) is -3.49. The van der Waals surface area contributed by atoms with Crippen LogP contribution in [0.3, 0.4) is 0 Å². The standard InChI is InChI=1S/C41H56N2O4S/c1-9-48(45,46)36-42-24-29-23-38(6)31(37(4,5)34(29)43-36)18-19-40(8)32(38)16-15-30-33-27(3)26(2)17-20-41(33,22-21-39(30,40)7)35(44)47-25-28-13-11-10-12-14-28/h10-15,24,26-27,31-33H,9,16-23,25H2,1-8H3/t26-,27+,31+,32-,33+,38+,39-,40-,41+/m1/s1. The van der Waals surface area contributed by atoms with Gasteiger partial charge in [0.2, 0.25) is 15.0 Å². The highest BCUT2D eigenvalue weighted by Crippen LogP contribution is 2.75. The lowest BCUT2D eigenvalue weighted by atomic mass is 9.33. The molecule has 1 aromatic heterocycles. The highest BCUT2D eigenvalue weighted by molar-refractivity contribution is 7.91. The fourth-order valence-corrected chi connectivity index (χ4v) is 13.1. The number of nitrogens with zero attached hydrogens (tertiary/aromatic N) is 2. The van der Waals surface area contributed by atoms with Gasteiger partial charge in [-0.3, -0.25) is 4.79 Å². The Labute approximate surface area is 288 Å². The highest BCUT2D eigenvalue weighted by atomic mass is 32.2. The number of hydrogen-bond donors (Lipinski definition) is 0. The maximum absolute atomic E-state index is 14.4. The SMILES string of the molecule is CCS(=O)(=O)c1ncc2c(n1)C(C)(C)[C@@H]1CC[C@]3(C)[C@H](CC=C4[C@@H]5[C@@H](C)[C@H](C)CC[C@]5(C(=O)OCc5ccccc5)CC[C@]43C)[C@@]1(C)C2. The number of esters is 1. The summed E-state index contributed by atoms with van der Waals surface area (Å²) in [6.07, 6.45) is 12.4. The van der Waals surface area contributed by atoms with Crippen molar-refractivity contribution in [1.82, 2.24) is 9.97 Å². The molecule has 48 heavy (non-hydrogen) atoms. The molecule has 9 atom stereocenters. The van der Waals surface area contributed by atoms with Crippen LogP contribution in [0.1, 0.15) is 117 Å². The van der Waals surface area contributed by atoms with Gasteiger partial charge in [-0.05, 0) is 108 Å². The van der Waals surface area contributed by atoms with Gasteiger partial charge in [0.05, 0.1) is 16.9 Å². The van der Waals surface area contributed by atoms with Crippen LogP contribution in [-0.2, 0) is 37.8 Å². The number of aromatic nitrogens is 2. The van der Waals surface area contributed by atoms with Gasteiger partial charge in [-0.1, -0.05) is 97.4 Å². The molecular formula is C41H56N2O4S. The minimum Gasteiger partial charge on any atom is -0.460 e. The van der Waals surface area contributed by atoms with Crippen molar-refractivity contribution in [2.75, 3.05) is 5.75 Å². The first-order valence-corrected chi connectivity index (χ1v) is 20.2. The largest absolute Gasteiger partial charge is 0.460 e. The average molecular weight is 673 g/mol. The Morgan fingerprint density at radius 2 is 1.69 bits per heavy atom. The molecule has 5 aliphatic rings. The second-order valence-corrected chi connectivity index (χ2v) is 19.9. The van der Waals surface area contributed by atoms with Gasteiger partial charge in [0.25, 0.3) is 0 Å². The smallest absolute Gasteiger partial charge is 0.313 e. The zero-order valence-electron chi connectivity index (χ0n) is 30.4. The topological polar surface area (TPSA) is 86.2 Å². The van der Waals surface area contributed by atoms with Gasteiger partial charge in [-0.25, -0.2) is 18.4 Å². The molecule has 7 heteroatoms. The summed E-state index contributed by atoms with van der Waals surface area (Å²) in [5, 5.41) is -0.0253. The molecule has 5 aliphatic carbocycles. The van der Waals surface area contributed by atoms with Crippen molar-refractivity contribution in [3.05, 3.63) is 65.0 Å². The molecule has 0 bridgehead atoms. The molecule has 1 heterocycles. The summed E-state index contributed by atoms with van der Waals surface area (Å²) in [5.74, 6) is 2.02. The molecule has 0 saturated heterocycles. The van der Waals surface area contributed by atoms with E-state index in [4.69, 9.17) is 9.72 Å². The van der Waals surface area contributed by atoms with E-state index >= 15 is 0 Å². The molecule has 7 rings (SSSR count). The van der Waals surface area contributed by atoms with Crippen molar-refractivity contribution in [3.63, 3.8) is 0 Å². The van der Waals surface area contributed by atoms with Crippen LogP contribution in [0.2, 0.25) is 0 Å². The monoisotopic (exact) mass is 672 g/mol. The molecular weight excluding hydrogens is 617 g/mol. The Balaban J connectivity index is 1.27. The Morgan fingerprint density at radius 3 is 2.40 bits per heavy atom. The Bertz CT molecular complexity index is 1750. The van der Waals surface area contributed by atoms with Gasteiger partial charge in [0.15, 0.2) is 0 Å². The highest BCUT2D eigenvalue weighted by Gasteiger charge is 2.69. The minimum atomic E-state index is -3.49. The molecule has 0 unspecified atom stereocenters. The van der Waals surface area contributed by atoms with E-state index < -0.39 is 15.3 Å². The van der Waals surface area contributed by atoms with Crippen LogP contribution < -0.4 is 0 Å². The number of hydrogen-bond acceptors (Lipinski definition) is 6. The summed E-state index contributed by atoms with van der Waals surface area (Å²) in [6.45, 7) is 19.0. The van der Waals surface area contributed by atoms with E-state index in [1.165, 1.54) is 0 Å². The van der Waals surface area contributed by atoms with E-state index in [1.54, 1.807) is 12.5 Å². The third kappa shape index (κ3) is 4.60. The Morgan fingerprint density at radius 1 is 0.958 bits per heavy atom. The minimum absolute atomic E-state index is 0.00542. The molecule has 2 aromatic rings. The Kier molecular flexibility index (Phi) is 7.94. The van der Waals surface area contributed by atoms with Crippen molar-refractivity contribution in [3.8, 4) is 0 Å². The van der Waals surface area contributed by atoms with Gasteiger partial charge in [0.1, 0.15) is 6.61 Å². The van der Waals surface area contributed by atoms with Gasteiger partial charge in [0, 0.05) is 11.6 Å². The normalized spacial score (nSPS) is 39.8. The average Bonchev–Trinajstić information content (AvgIpc) is 3.05. The number of benzene rings is 1. The fourth-order valence-electron chi connectivity index (χ4n) is 12.4. The molecule has 0 radical (unpaired) electrons. The Hall–Kier alpha value is -2.54. The molecule has 0 amide bonds. The maximum Gasteiger partial charge on any atom is 0.313 e. The van der Waals surface area contributed by atoms with E-state index in [0.29, 0.717) is 30.3 Å². The zero-order valence-corrected chi connectivity index (χ0v) is 31.3. The van der Waals surface area contributed by atoms with Gasteiger partial charge in [-0.15, -0.1) is 0 Å². The lowest BCUT2D eigenvalue weighted by molar-refractivity contribution is -0.184. The van der Waals surface area contributed by atoms with E-state index in [0.717, 1.165) is 68.2 Å². The van der Waals surface area contributed by atoms with E-state index in [1.807, 2.05) is 36.5 Å². The van der Waals surface area contributed by atoms with Crippen LogP contribution in [0.5, 0.6) is 0 Å². The number of sulfone groups is 1. The first-order chi connectivity index (χ1) is 22.5. The van der Waals surface area contributed by atoms with Crippen molar-refractivity contribution < 1.29 is 17.9 Å². The second-order valence-electron chi connectivity index (χ2n) is 17.7. The van der Waals surface area contributed by atoms with Crippen LogP contribution in [-0.4, -0.2) is 30.1 Å². The summed E-state index contributed by atoms with van der Waals surface area (Å²) in [6, 6.07) is 10.1. The summed E-state index contributed by atoms with van der Waals surface area (Å²) in [4.78, 5) is 23.6. The number of carbonyl (C=O) groups excluding carboxylic acids is 1. The van der Waals surface area contributed by atoms with Crippen molar-refractivity contribution in [2.24, 2.45) is 51.2 Å². The van der Waals surface area contributed by atoms with Crippen LogP contribution in [0.25, 0.3) is 0 Å². The number of allylic oxidation sites excluding steroid dienone is 2. The van der Waals surface area contributed by atoms with Crippen LogP contribution in [0, 0.1) is 51.2 Å². The quantitative estimate of drug-likeness (QED) is 0.180. The van der Waals surface area contributed by atoms with E-state index in [2.05, 4.69) is 59.5 Å². The molecule has 0 N–H and O–H groups in total. The molecule has 0 spiro atoms. The van der Waals surface area contributed by atoms with Crippen LogP contribution >= 0.6 is 0 Å². The first-order valence-electron chi connectivity index (χ1n) is 18.6. The molecule has 260 valence electrons. The van der Waals surface area contributed by atoms with Crippen molar-refractivity contribution in [2.45, 2.75) is 124 Å². The molecule has 3 saturated carbocycles. The lowest BCUT2D eigenvalue weighted by Crippen LogP contribution is -2.65. The van der Waals surface area contributed by atoms with Crippen LogP contribution in [0.15, 0.2) is 53.3 Å². The predicted molar refractivity (Wildman–Crippen MR) is 189 cm³/mol. The van der Waals surface area contributed by atoms with E-state index in [-0.39, 0.29) is 44.5 Å². The third-order valence-electron chi connectivity index (χ3n) is 15.4. The van der Waals surface area contributed by atoms with Crippen LogP contribution in [0.4, 0.5) is 0 Å². The van der Waals surface area contributed by atoms with Gasteiger partial charge >= 0.3 is 5.97 Å². The fraction of sp³-hybridized carbons (Fsp3) is 0.683. The molecule has 1 aromatic carbocycles. The second kappa shape index (κ2) is 11.2. The van der Waals surface area contributed by atoms with Gasteiger partial charge < -0.3 is 4.74 Å². The van der Waals surface area contributed by atoms with Crippen molar-refractivity contribution >= 4 is 15.8 Å². The number of carbonyl (C=O) groups is 1. The third-order valence-corrected chi connectivity index (χ3v) is 16.9. The van der Waals surface area contributed by atoms with Crippen molar-refractivity contribution in [1.29, 1.82) is 0 Å². The number of rotatable bonds is 5. The molecule has 6 nitrogen and oxygen atoms in total. The van der Waals surface area contributed by atoms with E-state index in [9.17, 15) is 13.2 Å². The molecule has 3 fully saturated rings. The maximum atomic E-state index is 14.4. The first kappa shape index (κ1) is 33.9.